The molecule has 0 saturated carbocycles. The fourth-order valence-corrected chi connectivity index (χ4v) is 1.69. The second kappa shape index (κ2) is 6.81. The first-order valence-corrected chi connectivity index (χ1v) is 5.56. The van der Waals surface area contributed by atoms with Crippen LogP contribution in [0.1, 0.15) is 33.2 Å². The number of nitrogens with zero attached hydrogens (tertiary/aromatic N) is 4. The molecule has 0 fully saturated rings. The van der Waals surface area contributed by atoms with Crippen molar-refractivity contribution in [1.29, 1.82) is 0 Å². The van der Waals surface area contributed by atoms with Crippen molar-refractivity contribution >= 4 is 17.6 Å². The van der Waals surface area contributed by atoms with Crippen molar-refractivity contribution in [2.75, 3.05) is 5.32 Å². The second-order valence-corrected chi connectivity index (χ2v) is 4.03. The third-order valence-corrected chi connectivity index (χ3v) is 2.70. The molecule has 2 aromatic rings. The molecular weight excluding hydrogens is 335 g/mol. The minimum Gasteiger partial charge on any atom is -0.352 e. The van der Waals surface area contributed by atoms with E-state index in [2.05, 4.69) is 26.9 Å². The Morgan fingerprint density at radius 3 is 2.65 bits per heavy atom. The Morgan fingerprint density at radius 1 is 1.40 bits per heavy atom. The summed E-state index contributed by atoms with van der Waals surface area (Å²) in [6, 6.07) is 5.97. The van der Waals surface area contributed by atoms with Crippen molar-refractivity contribution in [3.05, 3.63) is 34.9 Å². The Kier molecular flexibility index (Phi) is 5.65. The van der Waals surface area contributed by atoms with E-state index in [-0.39, 0.29) is 50.3 Å². The number of Topliss-reactive ketones (excluding diaryl/α,β-unsaturated/α-hetero) is 1. The van der Waals surface area contributed by atoms with E-state index >= 15 is 0 Å². The van der Waals surface area contributed by atoms with Crippen LogP contribution >= 0.6 is 0 Å². The van der Waals surface area contributed by atoms with Crippen LogP contribution in [-0.4, -0.2) is 31.9 Å². The zero-order chi connectivity index (χ0) is 14.0. The molecule has 0 aliphatic carbocycles. The molecule has 0 spiro atoms. The number of amides is 1. The molecule has 1 N–H and O–H groups in total. The summed E-state index contributed by atoms with van der Waals surface area (Å²) in [6.07, 6.45) is 0. The van der Waals surface area contributed by atoms with E-state index in [1.807, 2.05) is 0 Å². The average molecular weight is 347 g/mol. The standard InChI is InChI=1S/C12H12N5O2.Y/c1-7-9(8(2)18)5-4-6-10(7)11(19)13-12-14-15-16-17(12)3;/h4,6H,1-3H3,(H,13,14,16,19);/q-1;. The number of hydrogen-bond acceptors (Lipinski definition) is 5. The summed E-state index contributed by atoms with van der Waals surface area (Å²) in [6.45, 7) is 3.14. The molecule has 8 heteroatoms. The summed E-state index contributed by atoms with van der Waals surface area (Å²) in [4.78, 5) is 23.5. The Hall–Kier alpha value is -1.47. The summed E-state index contributed by atoms with van der Waals surface area (Å²) in [5, 5.41) is 13.3. The number of anilines is 1. The van der Waals surface area contributed by atoms with Gasteiger partial charge in [-0.05, 0) is 22.9 Å². The van der Waals surface area contributed by atoms with E-state index in [0.29, 0.717) is 16.7 Å². The van der Waals surface area contributed by atoms with Crippen LogP contribution in [0.5, 0.6) is 0 Å². The molecule has 0 saturated heterocycles. The second-order valence-electron chi connectivity index (χ2n) is 4.03. The Bertz CT molecular complexity index is 653. The van der Waals surface area contributed by atoms with Gasteiger partial charge in [0.1, 0.15) is 0 Å². The van der Waals surface area contributed by atoms with E-state index in [1.54, 1.807) is 26.1 Å². The Labute approximate surface area is 141 Å². The molecule has 0 unspecified atom stereocenters. The maximum Gasteiger partial charge on any atom is 0.249 e. The minimum absolute atomic E-state index is 0. The molecule has 0 aliphatic heterocycles. The quantitative estimate of drug-likeness (QED) is 0.654. The van der Waals surface area contributed by atoms with Crippen LogP contribution in [0.15, 0.2) is 12.1 Å². The molecule has 1 heterocycles. The summed E-state index contributed by atoms with van der Waals surface area (Å²) in [5.74, 6) is -0.263. The summed E-state index contributed by atoms with van der Waals surface area (Å²) < 4.78 is 1.34. The third-order valence-electron chi connectivity index (χ3n) is 2.70. The van der Waals surface area contributed by atoms with Crippen molar-refractivity contribution in [3.63, 3.8) is 0 Å². The third kappa shape index (κ3) is 3.35. The molecular formula is C12H12N5O2Y-. The number of nitrogens with one attached hydrogen (secondary N) is 1. The van der Waals surface area contributed by atoms with Gasteiger partial charge in [0.05, 0.1) is 5.78 Å². The number of benzene rings is 1. The number of hydrogen-bond donors (Lipinski definition) is 1. The molecule has 1 aromatic heterocycles. The minimum atomic E-state index is -0.369. The number of carbonyl (C=O) groups is 2. The normalized spacial score (nSPS) is 9.75. The number of aromatic nitrogens is 4. The first-order chi connectivity index (χ1) is 9.00. The van der Waals surface area contributed by atoms with Gasteiger partial charge in [-0.1, -0.05) is 12.0 Å². The first-order valence-electron chi connectivity index (χ1n) is 5.56. The SMILES string of the molecule is CC(=O)c1[c-]ccc(C(=O)Nc2nnnn2C)c1C.[Y]. The first kappa shape index (κ1) is 16.6. The van der Waals surface area contributed by atoms with E-state index in [0.717, 1.165) is 0 Å². The van der Waals surface area contributed by atoms with Crippen LogP contribution in [0.4, 0.5) is 5.95 Å². The Balaban J connectivity index is 0.00000200. The maximum absolute atomic E-state index is 12.1. The smallest absolute Gasteiger partial charge is 0.249 e. The zero-order valence-corrected chi connectivity index (χ0v) is 14.2. The van der Waals surface area contributed by atoms with Gasteiger partial charge in [0.25, 0.3) is 0 Å². The van der Waals surface area contributed by atoms with Gasteiger partial charge in [-0.3, -0.25) is 10.1 Å². The molecule has 101 valence electrons. The molecule has 1 amide bonds. The molecule has 1 aromatic carbocycles. The number of carbonyl (C=O) groups excluding carboxylic acids is 2. The summed E-state index contributed by atoms with van der Waals surface area (Å²) in [5.41, 5.74) is 1.39. The van der Waals surface area contributed by atoms with Crippen LogP contribution in [0.25, 0.3) is 0 Å². The predicted molar refractivity (Wildman–Crippen MR) is 66.8 cm³/mol. The summed E-state index contributed by atoms with van der Waals surface area (Å²) in [7, 11) is 1.61. The molecule has 2 rings (SSSR count). The van der Waals surface area contributed by atoms with E-state index in [1.165, 1.54) is 11.6 Å². The van der Waals surface area contributed by atoms with Gasteiger partial charge in [-0.25, -0.2) is 4.68 Å². The monoisotopic (exact) mass is 347 g/mol. The van der Waals surface area contributed by atoms with Gasteiger partial charge in [0, 0.05) is 39.8 Å². The number of rotatable bonds is 3. The van der Waals surface area contributed by atoms with Gasteiger partial charge in [0.2, 0.25) is 11.9 Å². The molecule has 0 bridgehead atoms. The topological polar surface area (TPSA) is 89.8 Å². The maximum atomic E-state index is 12.1. The van der Waals surface area contributed by atoms with E-state index < -0.39 is 0 Å². The van der Waals surface area contributed by atoms with E-state index in [9.17, 15) is 9.59 Å². The van der Waals surface area contributed by atoms with Crippen molar-refractivity contribution in [1.82, 2.24) is 20.2 Å². The van der Waals surface area contributed by atoms with Crippen molar-refractivity contribution in [2.24, 2.45) is 7.05 Å². The predicted octanol–water partition coefficient (Wildman–Crippen LogP) is 0.771. The molecule has 0 atom stereocenters. The molecule has 1 radical (unpaired) electrons. The number of tetrazole rings is 1. The van der Waals surface area contributed by atoms with Gasteiger partial charge in [-0.15, -0.1) is 29.3 Å². The van der Waals surface area contributed by atoms with Crippen LogP contribution < -0.4 is 5.32 Å². The van der Waals surface area contributed by atoms with Gasteiger partial charge < -0.3 is 4.79 Å². The largest absolute Gasteiger partial charge is 0.352 e. The number of aryl methyl sites for hydroxylation is 1. The fraction of sp³-hybridized carbons (Fsp3) is 0.250. The van der Waals surface area contributed by atoms with Gasteiger partial charge in [0.15, 0.2) is 0 Å². The van der Waals surface area contributed by atoms with Crippen LogP contribution in [0.3, 0.4) is 0 Å². The van der Waals surface area contributed by atoms with Crippen LogP contribution in [0.2, 0.25) is 0 Å². The Morgan fingerprint density at radius 2 is 2.10 bits per heavy atom. The van der Waals surface area contributed by atoms with Crippen molar-refractivity contribution < 1.29 is 42.3 Å². The van der Waals surface area contributed by atoms with Crippen molar-refractivity contribution in [2.45, 2.75) is 13.8 Å². The van der Waals surface area contributed by atoms with Crippen molar-refractivity contribution in [3.8, 4) is 0 Å². The molecule has 20 heavy (non-hydrogen) atoms. The number of ketones is 1. The average Bonchev–Trinajstić information content (AvgIpc) is 2.74. The van der Waals surface area contributed by atoms with Crippen LogP contribution in [0, 0.1) is 13.0 Å². The van der Waals surface area contributed by atoms with Gasteiger partial charge >= 0.3 is 0 Å². The fourth-order valence-electron chi connectivity index (χ4n) is 1.69. The van der Waals surface area contributed by atoms with Gasteiger partial charge in [-0.2, -0.15) is 0 Å². The zero-order valence-electron chi connectivity index (χ0n) is 11.3. The summed E-state index contributed by atoms with van der Waals surface area (Å²) >= 11 is 0. The molecule has 0 aliphatic rings. The van der Waals surface area contributed by atoms with Crippen LogP contribution in [-0.2, 0) is 39.8 Å². The molecule has 7 nitrogen and oxygen atoms in total. The van der Waals surface area contributed by atoms with E-state index in [4.69, 9.17) is 0 Å².